The number of carbonyl (C=O) groups is 1. The van der Waals surface area contributed by atoms with Gasteiger partial charge < -0.3 is 4.74 Å². The van der Waals surface area contributed by atoms with Crippen molar-refractivity contribution in [3.8, 4) is 0 Å². The molecule has 28 heavy (non-hydrogen) atoms. The van der Waals surface area contributed by atoms with Gasteiger partial charge in [-0.15, -0.1) is 0 Å². The third-order valence-electron chi connectivity index (χ3n) is 4.40. The van der Waals surface area contributed by atoms with Crippen LogP contribution < -0.4 is 0 Å². The van der Waals surface area contributed by atoms with Crippen LogP contribution in [0.15, 0.2) is 53.4 Å². The summed E-state index contributed by atoms with van der Waals surface area (Å²) < 4.78 is 69.8. The van der Waals surface area contributed by atoms with Crippen molar-refractivity contribution in [1.82, 2.24) is 4.31 Å². The number of hydrogen-bond donors (Lipinski definition) is 0. The Kier molecular flexibility index (Phi) is 5.76. The minimum atomic E-state index is -4.49. The lowest BCUT2D eigenvalue weighted by atomic mass is 10.1. The summed E-state index contributed by atoms with van der Waals surface area (Å²) in [6.07, 6.45) is -2.91. The van der Waals surface area contributed by atoms with Gasteiger partial charge in [0.25, 0.3) is 0 Å². The van der Waals surface area contributed by atoms with Crippen molar-refractivity contribution in [2.75, 3.05) is 13.1 Å². The summed E-state index contributed by atoms with van der Waals surface area (Å²) in [7, 11) is -3.68. The van der Waals surface area contributed by atoms with Gasteiger partial charge in [0, 0.05) is 13.1 Å². The van der Waals surface area contributed by atoms with Crippen LogP contribution in [0.2, 0.25) is 0 Å². The molecule has 0 aromatic heterocycles. The highest BCUT2D eigenvalue weighted by Crippen LogP contribution is 2.29. The zero-order chi connectivity index (χ0) is 20.4. The van der Waals surface area contributed by atoms with E-state index in [0.717, 1.165) is 25.0 Å². The van der Waals surface area contributed by atoms with Crippen LogP contribution in [-0.4, -0.2) is 31.8 Å². The number of halogens is 3. The molecule has 9 heteroatoms. The molecule has 0 unspecified atom stereocenters. The van der Waals surface area contributed by atoms with Gasteiger partial charge in [0.1, 0.15) is 6.61 Å². The lowest BCUT2D eigenvalue weighted by molar-refractivity contribution is -0.137. The zero-order valence-electron chi connectivity index (χ0n) is 14.8. The van der Waals surface area contributed by atoms with Crippen LogP contribution in [-0.2, 0) is 27.5 Å². The molecule has 1 heterocycles. The average Bonchev–Trinajstić information content (AvgIpc) is 3.21. The predicted octanol–water partition coefficient (Wildman–Crippen LogP) is 3.85. The normalized spacial score (nSPS) is 15.5. The molecule has 3 rings (SSSR count). The summed E-state index contributed by atoms with van der Waals surface area (Å²) in [6.45, 7) is 0.519. The van der Waals surface area contributed by atoms with Crippen molar-refractivity contribution in [2.45, 2.75) is 30.5 Å². The van der Waals surface area contributed by atoms with Crippen LogP contribution in [0.25, 0.3) is 0 Å². The van der Waals surface area contributed by atoms with E-state index in [1.54, 1.807) is 0 Å². The first-order valence-electron chi connectivity index (χ1n) is 8.61. The highest BCUT2D eigenvalue weighted by atomic mass is 32.2. The van der Waals surface area contributed by atoms with Crippen LogP contribution in [0.1, 0.15) is 34.3 Å². The molecule has 150 valence electrons. The average molecular weight is 413 g/mol. The third-order valence-corrected chi connectivity index (χ3v) is 6.29. The Morgan fingerprint density at radius 3 is 2.39 bits per heavy atom. The molecular weight excluding hydrogens is 395 g/mol. The quantitative estimate of drug-likeness (QED) is 0.699. The Morgan fingerprint density at radius 1 is 1.04 bits per heavy atom. The summed E-state index contributed by atoms with van der Waals surface area (Å²) in [6, 6.07) is 9.94. The number of ether oxygens (including phenoxy) is 1. The van der Waals surface area contributed by atoms with E-state index in [0.29, 0.717) is 13.1 Å². The van der Waals surface area contributed by atoms with Crippen LogP contribution in [0.4, 0.5) is 13.2 Å². The number of carbonyl (C=O) groups excluding carboxylic acids is 1. The van der Waals surface area contributed by atoms with Crippen LogP contribution in [0.3, 0.4) is 0 Å². The molecule has 0 aliphatic carbocycles. The van der Waals surface area contributed by atoms with E-state index in [1.165, 1.54) is 40.7 Å². The smallest absolute Gasteiger partial charge is 0.416 e. The van der Waals surface area contributed by atoms with E-state index in [2.05, 4.69) is 0 Å². The van der Waals surface area contributed by atoms with Gasteiger partial charge in [-0.05, 0) is 48.7 Å². The van der Waals surface area contributed by atoms with Crippen molar-refractivity contribution in [2.24, 2.45) is 0 Å². The minimum Gasteiger partial charge on any atom is -0.457 e. The first-order chi connectivity index (χ1) is 13.2. The fourth-order valence-corrected chi connectivity index (χ4v) is 4.49. The summed E-state index contributed by atoms with van der Waals surface area (Å²) >= 11 is 0. The van der Waals surface area contributed by atoms with Crippen LogP contribution >= 0.6 is 0 Å². The van der Waals surface area contributed by atoms with Crippen LogP contribution in [0, 0.1) is 0 Å². The number of sulfonamides is 1. The molecule has 2 aromatic rings. The predicted molar refractivity (Wildman–Crippen MR) is 95.0 cm³/mol. The molecule has 2 aromatic carbocycles. The Bertz CT molecular complexity index is 967. The Hall–Kier alpha value is -2.39. The van der Waals surface area contributed by atoms with E-state index < -0.39 is 27.7 Å². The van der Waals surface area contributed by atoms with Gasteiger partial charge in [0.15, 0.2) is 0 Å². The molecule has 0 N–H and O–H groups in total. The lowest BCUT2D eigenvalue weighted by Crippen LogP contribution is -2.28. The summed E-state index contributed by atoms with van der Waals surface area (Å²) in [4.78, 5) is 12.2. The van der Waals surface area contributed by atoms with Crippen molar-refractivity contribution in [3.05, 3.63) is 65.2 Å². The van der Waals surface area contributed by atoms with Crippen molar-refractivity contribution in [3.63, 3.8) is 0 Å². The zero-order valence-corrected chi connectivity index (χ0v) is 15.6. The molecular formula is C19H18F3NO4S. The molecule has 0 saturated carbocycles. The second-order valence-corrected chi connectivity index (χ2v) is 8.35. The van der Waals surface area contributed by atoms with E-state index in [-0.39, 0.29) is 22.6 Å². The van der Waals surface area contributed by atoms with Gasteiger partial charge in [0.2, 0.25) is 10.0 Å². The van der Waals surface area contributed by atoms with Gasteiger partial charge >= 0.3 is 12.1 Å². The Balaban J connectivity index is 1.72. The molecule has 0 radical (unpaired) electrons. The molecule has 0 spiro atoms. The van der Waals surface area contributed by atoms with Gasteiger partial charge in [-0.1, -0.05) is 18.2 Å². The fraction of sp³-hybridized carbons (Fsp3) is 0.316. The SMILES string of the molecule is O=C(OCc1cccc(C(F)(F)F)c1)c1cccc(S(=O)(=O)N2CCCC2)c1. The number of alkyl halides is 3. The molecule has 0 amide bonds. The van der Waals surface area contributed by atoms with E-state index in [1.807, 2.05) is 0 Å². The fourth-order valence-electron chi connectivity index (χ4n) is 2.93. The number of hydrogen-bond acceptors (Lipinski definition) is 4. The van der Waals surface area contributed by atoms with Crippen molar-refractivity contribution < 1.29 is 31.1 Å². The maximum absolute atomic E-state index is 12.7. The van der Waals surface area contributed by atoms with Gasteiger partial charge in [-0.3, -0.25) is 0 Å². The van der Waals surface area contributed by atoms with Gasteiger partial charge in [0.05, 0.1) is 16.0 Å². The Morgan fingerprint density at radius 2 is 1.71 bits per heavy atom. The molecule has 1 aliphatic heterocycles. The minimum absolute atomic E-state index is 0.0112. The van der Waals surface area contributed by atoms with Crippen molar-refractivity contribution >= 4 is 16.0 Å². The molecule has 5 nitrogen and oxygen atoms in total. The summed E-state index contributed by atoms with van der Waals surface area (Å²) in [5.41, 5.74) is -0.629. The maximum atomic E-state index is 12.7. The number of rotatable bonds is 5. The molecule has 0 bridgehead atoms. The number of esters is 1. The van der Waals surface area contributed by atoms with Crippen LogP contribution in [0.5, 0.6) is 0 Å². The van der Waals surface area contributed by atoms with Gasteiger partial charge in [-0.2, -0.15) is 17.5 Å². The first kappa shape index (κ1) is 20.3. The maximum Gasteiger partial charge on any atom is 0.416 e. The monoisotopic (exact) mass is 413 g/mol. The second kappa shape index (κ2) is 7.92. The summed E-state index contributed by atoms with van der Waals surface area (Å²) in [5.74, 6) is -0.809. The number of nitrogens with zero attached hydrogens (tertiary/aromatic N) is 1. The standard InChI is InChI=1S/C19H18F3NO4S/c20-19(21,22)16-7-3-5-14(11-16)13-27-18(24)15-6-4-8-17(12-15)28(25,26)23-9-1-2-10-23/h3-8,11-12H,1-2,9-10,13H2. The molecule has 1 saturated heterocycles. The number of benzene rings is 2. The largest absolute Gasteiger partial charge is 0.457 e. The topological polar surface area (TPSA) is 63.7 Å². The van der Waals surface area contributed by atoms with E-state index in [4.69, 9.17) is 4.74 Å². The third kappa shape index (κ3) is 4.53. The lowest BCUT2D eigenvalue weighted by Gasteiger charge is -2.16. The second-order valence-electron chi connectivity index (χ2n) is 6.41. The molecule has 1 fully saturated rings. The van der Waals surface area contributed by atoms with Gasteiger partial charge in [-0.25, -0.2) is 13.2 Å². The molecule has 1 aliphatic rings. The molecule has 0 atom stereocenters. The summed E-state index contributed by atoms with van der Waals surface area (Å²) in [5, 5.41) is 0. The highest BCUT2D eigenvalue weighted by Gasteiger charge is 2.30. The Labute approximate surface area is 160 Å². The highest BCUT2D eigenvalue weighted by molar-refractivity contribution is 7.89. The van der Waals surface area contributed by atoms with Crippen molar-refractivity contribution in [1.29, 1.82) is 0 Å². The first-order valence-corrected chi connectivity index (χ1v) is 10.1. The van der Waals surface area contributed by atoms with E-state index in [9.17, 15) is 26.4 Å². The van der Waals surface area contributed by atoms with E-state index >= 15 is 0 Å².